The van der Waals surface area contributed by atoms with Crippen molar-refractivity contribution in [1.82, 2.24) is 0 Å². The van der Waals surface area contributed by atoms with Crippen molar-refractivity contribution < 1.29 is 4.74 Å². The lowest BCUT2D eigenvalue weighted by Crippen LogP contribution is -1.92. The van der Waals surface area contributed by atoms with Crippen LogP contribution in [-0.2, 0) is 4.74 Å². The monoisotopic (exact) mass is 616 g/mol. The van der Waals surface area contributed by atoms with Crippen LogP contribution in [0.4, 0.5) is 0 Å². The Labute approximate surface area is 277 Å². The Bertz CT molecular complexity index is 1100. The molecule has 244 valence electrons. The van der Waals surface area contributed by atoms with E-state index in [0.29, 0.717) is 0 Å². The number of unbranched alkanes of at least 4 members (excludes halogenated alkanes) is 4. The van der Waals surface area contributed by atoms with E-state index in [4.69, 9.17) is 4.74 Å². The molecule has 0 aliphatic carbocycles. The fourth-order valence-corrected chi connectivity index (χ4v) is 4.68. The molecule has 0 saturated carbocycles. The van der Waals surface area contributed by atoms with E-state index in [2.05, 4.69) is 154 Å². The molecular weight excluding hydrogens is 553 g/mol. The van der Waals surface area contributed by atoms with Crippen molar-refractivity contribution in [1.29, 1.82) is 0 Å². The van der Waals surface area contributed by atoms with Gasteiger partial charge in [-0.2, -0.15) is 0 Å². The molecule has 2 heteroatoms. The fraction of sp³-hybridized carbons (Fsp3) is 0.476. The highest BCUT2D eigenvalue weighted by atomic mass is 32.2. The second-order valence-electron chi connectivity index (χ2n) is 11.3. The van der Waals surface area contributed by atoms with Gasteiger partial charge < -0.3 is 4.74 Å². The molecule has 0 heterocycles. The van der Waals surface area contributed by atoms with Gasteiger partial charge in [0.05, 0.1) is 0 Å². The molecule has 4 rings (SSSR count). The lowest BCUT2D eigenvalue weighted by Gasteiger charge is -2.03. The highest BCUT2D eigenvalue weighted by molar-refractivity contribution is 7.99. The van der Waals surface area contributed by atoms with E-state index in [1.54, 1.807) is 11.8 Å². The van der Waals surface area contributed by atoms with E-state index < -0.39 is 0 Å². The van der Waals surface area contributed by atoms with Gasteiger partial charge in [0.25, 0.3) is 0 Å². The second kappa shape index (κ2) is 28.0. The Morgan fingerprint density at radius 3 is 1.09 bits per heavy atom. The Balaban J connectivity index is 0.000000570. The third kappa shape index (κ3) is 20.4. The van der Waals surface area contributed by atoms with Crippen LogP contribution < -0.4 is 0 Å². The molecule has 1 nitrogen and oxygen atoms in total. The minimum atomic E-state index is 0.924. The molecule has 0 unspecified atom stereocenters. The minimum Gasteiger partial charge on any atom is -0.381 e. The number of hydrogen-bond acceptors (Lipinski definition) is 2. The molecule has 0 aliphatic rings. The first-order valence-corrected chi connectivity index (χ1v) is 17.9. The number of aryl methyl sites for hydroxylation is 4. The molecule has 0 radical (unpaired) electrons. The molecule has 0 aliphatic heterocycles. The number of benzene rings is 4. The summed E-state index contributed by atoms with van der Waals surface area (Å²) in [5.41, 5.74) is 5.33. The SMILES string of the molecule is CCCC.CCCCCC.CCCOCCC.Cc1ccc(Sc2ccc(C)cc2)cc1.Cc1cccc2c(C)cccc12. The first-order valence-electron chi connectivity index (χ1n) is 17.1. The molecule has 4 aromatic carbocycles. The van der Waals surface area contributed by atoms with Crippen LogP contribution >= 0.6 is 11.8 Å². The van der Waals surface area contributed by atoms with Crippen LogP contribution in [0, 0.1) is 27.7 Å². The Morgan fingerprint density at radius 2 is 0.795 bits per heavy atom. The van der Waals surface area contributed by atoms with Gasteiger partial charge in [-0.25, -0.2) is 0 Å². The summed E-state index contributed by atoms with van der Waals surface area (Å²) in [6, 6.07) is 30.2. The molecule has 0 amide bonds. The molecule has 44 heavy (non-hydrogen) atoms. The zero-order valence-corrected chi connectivity index (χ0v) is 30.8. The van der Waals surface area contributed by atoms with Gasteiger partial charge in [-0.1, -0.05) is 164 Å². The lowest BCUT2D eigenvalue weighted by atomic mass is 10.0. The summed E-state index contributed by atoms with van der Waals surface area (Å²) in [6.45, 7) is 23.4. The highest BCUT2D eigenvalue weighted by Crippen LogP contribution is 2.27. The Kier molecular flexibility index (Phi) is 26.3. The molecule has 0 spiro atoms. The van der Waals surface area contributed by atoms with Gasteiger partial charge in [0.1, 0.15) is 0 Å². The van der Waals surface area contributed by atoms with Gasteiger partial charge in [0.2, 0.25) is 0 Å². The largest absolute Gasteiger partial charge is 0.381 e. The molecule has 0 atom stereocenters. The van der Waals surface area contributed by atoms with Crippen molar-refractivity contribution in [3.05, 3.63) is 107 Å². The van der Waals surface area contributed by atoms with Crippen LogP contribution in [0.3, 0.4) is 0 Å². The summed E-state index contributed by atoms with van der Waals surface area (Å²) in [5.74, 6) is 0. The minimum absolute atomic E-state index is 0.924. The Hall–Kier alpha value is -2.55. The van der Waals surface area contributed by atoms with Crippen LogP contribution in [0.15, 0.2) is 94.7 Å². The summed E-state index contributed by atoms with van der Waals surface area (Å²) in [7, 11) is 0. The van der Waals surface area contributed by atoms with Gasteiger partial charge in [0, 0.05) is 23.0 Å². The van der Waals surface area contributed by atoms with E-state index in [1.165, 1.54) is 81.3 Å². The first kappa shape index (κ1) is 41.4. The summed E-state index contributed by atoms with van der Waals surface area (Å²) >= 11 is 1.80. The number of ether oxygens (including phenoxy) is 1. The predicted octanol–water partition coefficient (Wildman–Crippen LogP) is 14.1. The number of fused-ring (bicyclic) bond motifs is 1. The maximum absolute atomic E-state index is 5.13. The summed E-state index contributed by atoms with van der Waals surface area (Å²) in [4.78, 5) is 2.59. The van der Waals surface area contributed by atoms with Gasteiger partial charge in [0.15, 0.2) is 0 Å². The van der Waals surface area contributed by atoms with Gasteiger partial charge in [-0.3, -0.25) is 0 Å². The summed E-state index contributed by atoms with van der Waals surface area (Å²) in [5, 5.41) is 2.75. The normalized spacial score (nSPS) is 9.77. The van der Waals surface area contributed by atoms with E-state index in [1.807, 2.05) is 0 Å². The second-order valence-corrected chi connectivity index (χ2v) is 12.4. The predicted molar refractivity (Wildman–Crippen MR) is 202 cm³/mol. The third-order valence-electron chi connectivity index (χ3n) is 6.79. The van der Waals surface area contributed by atoms with Crippen LogP contribution in [-0.4, -0.2) is 13.2 Å². The van der Waals surface area contributed by atoms with Gasteiger partial charge >= 0.3 is 0 Å². The molecule has 4 aromatic rings. The molecule has 0 N–H and O–H groups in total. The number of rotatable bonds is 10. The zero-order valence-electron chi connectivity index (χ0n) is 30.0. The standard InChI is InChI=1S/C14H14S.C12H12.C6H14O.C6H14.C4H10/c1-11-3-7-13(8-4-11)15-14-9-5-12(2)6-10-14;1-9-5-3-8-12-10(2)6-4-7-11(9)12;1-3-5-7-6-4-2;1-3-5-6-4-2;1-3-4-2/h3-10H,1-2H3;3-8H,1-2H3;3-6H2,1-2H3;3-6H2,1-2H3;3-4H2,1-2H3. The maximum atomic E-state index is 5.13. The van der Waals surface area contributed by atoms with Crippen LogP contribution in [0.1, 0.15) is 115 Å². The maximum Gasteiger partial charge on any atom is 0.0463 e. The third-order valence-corrected chi connectivity index (χ3v) is 7.81. The van der Waals surface area contributed by atoms with Crippen LogP contribution in [0.25, 0.3) is 10.8 Å². The average Bonchev–Trinajstić information content (AvgIpc) is 3.04. The summed E-state index contributed by atoms with van der Waals surface area (Å²) < 4.78 is 5.13. The quantitative estimate of drug-likeness (QED) is 0.164. The van der Waals surface area contributed by atoms with Crippen molar-refractivity contribution >= 4 is 22.5 Å². The molecule has 0 aromatic heterocycles. The smallest absolute Gasteiger partial charge is 0.0463 e. The van der Waals surface area contributed by atoms with Crippen molar-refractivity contribution in [2.45, 2.75) is 130 Å². The topological polar surface area (TPSA) is 9.23 Å². The van der Waals surface area contributed by atoms with Crippen molar-refractivity contribution in [3.8, 4) is 0 Å². The van der Waals surface area contributed by atoms with Gasteiger partial charge in [-0.15, -0.1) is 0 Å². The zero-order chi connectivity index (χ0) is 33.0. The van der Waals surface area contributed by atoms with Crippen molar-refractivity contribution in [2.24, 2.45) is 0 Å². The number of hydrogen-bond donors (Lipinski definition) is 0. The van der Waals surface area contributed by atoms with Crippen molar-refractivity contribution in [2.75, 3.05) is 13.2 Å². The fourth-order valence-electron chi connectivity index (χ4n) is 3.86. The van der Waals surface area contributed by atoms with E-state index in [-0.39, 0.29) is 0 Å². The molecule has 0 fully saturated rings. The first-order chi connectivity index (χ1) is 21.3. The van der Waals surface area contributed by atoms with Gasteiger partial charge in [-0.05, 0) is 86.7 Å². The van der Waals surface area contributed by atoms with E-state index >= 15 is 0 Å². The molecular formula is C42H64OS. The van der Waals surface area contributed by atoms with Crippen LogP contribution in [0.2, 0.25) is 0 Å². The highest BCUT2D eigenvalue weighted by Gasteiger charge is 1.97. The van der Waals surface area contributed by atoms with E-state index in [9.17, 15) is 0 Å². The Morgan fingerprint density at radius 1 is 0.432 bits per heavy atom. The molecule has 0 saturated heterocycles. The van der Waals surface area contributed by atoms with E-state index in [0.717, 1.165) is 26.1 Å². The lowest BCUT2D eigenvalue weighted by molar-refractivity contribution is 0.135. The molecule has 0 bridgehead atoms. The summed E-state index contributed by atoms with van der Waals surface area (Å²) in [6.07, 6.45) is 10.5. The van der Waals surface area contributed by atoms with Crippen molar-refractivity contribution in [3.63, 3.8) is 0 Å². The average molecular weight is 617 g/mol. The van der Waals surface area contributed by atoms with Crippen LogP contribution in [0.5, 0.6) is 0 Å².